The average molecular weight is 474 g/mol. The summed E-state index contributed by atoms with van der Waals surface area (Å²) < 4.78 is 0. The van der Waals surface area contributed by atoms with Gasteiger partial charge in [-0.25, -0.2) is 9.97 Å². The average Bonchev–Trinajstić information content (AvgIpc) is 3.04. The quantitative estimate of drug-likeness (QED) is 0.285. The Kier molecular flexibility index (Phi) is 6.49. The van der Waals surface area contributed by atoms with E-state index in [0.717, 1.165) is 22.0 Å². The number of imide groups is 1. The summed E-state index contributed by atoms with van der Waals surface area (Å²) in [4.78, 5) is 57.5. The summed E-state index contributed by atoms with van der Waals surface area (Å²) in [6, 6.07) is 12.8. The number of carbonyl (C=O) groups excluding carboxylic acids is 3. The summed E-state index contributed by atoms with van der Waals surface area (Å²) in [6.45, 7) is 3.75. The van der Waals surface area contributed by atoms with Crippen LogP contribution in [-0.2, 0) is 4.79 Å². The van der Waals surface area contributed by atoms with E-state index in [2.05, 4.69) is 20.6 Å². The molecule has 0 atom stereocenters. The molecular formula is C24H22N6O5. The van der Waals surface area contributed by atoms with Gasteiger partial charge in [0.1, 0.15) is 5.56 Å². The molecule has 1 aliphatic rings. The second-order valence-corrected chi connectivity index (χ2v) is 8.05. The molecular weight excluding hydrogens is 452 g/mol. The molecule has 3 aromatic rings. The second-order valence-electron chi connectivity index (χ2n) is 8.05. The van der Waals surface area contributed by atoms with Gasteiger partial charge in [0, 0.05) is 41.8 Å². The van der Waals surface area contributed by atoms with Gasteiger partial charge in [0.15, 0.2) is 0 Å². The summed E-state index contributed by atoms with van der Waals surface area (Å²) in [5.41, 5.74) is 2.45. The van der Waals surface area contributed by atoms with Gasteiger partial charge in [-0.05, 0) is 56.7 Å². The molecule has 0 spiro atoms. The van der Waals surface area contributed by atoms with Crippen LogP contribution >= 0.6 is 0 Å². The van der Waals surface area contributed by atoms with E-state index in [4.69, 9.17) is 0 Å². The number of hydrogen-bond acceptors (Lipinski definition) is 8. The van der Waals surface area contributed by atoms with Crippen molar-refractivity contribution in [3.8, 4) is 0 Å². The number of aryl methyl sites for hydroxylation is 2. The number of benzene rings is 2. The third-order valence-electron chi connectivity index (χ3n) is 5.37. The Morgan fingerprint density at radius 2 is 1.66 bits per heavy atom. The molecule has 0 fully saturated rings. The van der Waals surface area contributed by atoms with Crippen molar-refractivity contribution >= 4 is 40.7 Å². The smallest absolute Gasteiger partial charge is 0.282 e. The number of hydrogen-bond donors (Lipinski definition) is 2. The topological polar surface area (TPSA) is 147 Å². The van der Waals surface area contributed by atoms with Gasteiger partial charge >= 0.3 is 0 Å². The number of anilines is 3. The van der Waals surface area contributed by atoms with Crippen molar-refractivity contribution in [3.63, 3.8) is 0 Å². The zero-order chi connectivity index (χ0) is 25.1. The third-order valence-corrected chi connectivity index (χ3v) is 5.37. The number of carbonyl (C=O) groups is 3. The van der Waals surface area contributed by atoms with Crippen molar-refractivity contribution in [2.75, 3.05) is 17.2 Å². The van der Waals surface area contributed by atoms with Gasteiger partial charge in [-0.15, -0.1) is 0 Å². The minimum Gasteiger partial charge on any atom is -0.326 e. The highest BCUT2D eigenvalue weighted by Crippen LogP contribution is 2.30. The lowest BCUT2D eigenvalue weighted by atomic mass is 10.1. The minimum atomic E-state index is -0.714. The first kappa shape index (κ1) is 23.5. The standard InChI is InChI=1S/C24H22N6O5/c1-14-13-15(2)26-24(25-14)28-17-10-8-16(9-11-17)27-20(31)7-4-12-29-22(32)18-5-3-6-19(30(34)35)21(18)23(29)33/h3,5-6,8-11,13H,4,7,12H2,1-2H3,(H,27,31)(H,25,26,28). The Bertz CT molecular complexity index is 1320. The highest BCUT2D eigenvalue weighted by atomic mass is 16.6. The molecule has 2 heterocycles. The maximum Gasteiger partial charge on any atom is 0.282 e. The predicted octanol–water partition coefficient (Wildman–Crippen LogP) is 3.76. The fourth-order valence-corrected chi connectivity index (χ4v) is 3.84. The molecule has 0 bridgehead atoms. The van der Waals surface area contributed by atoms with Crippen LogP contribution in [0.5, 0.6) is 0 Å². The van der Waals surface area contributed by atoms with Gasteiger partial charge in [-0.1, -0.05) is 6.07 Å². The zero-order valence-corrected chi connectivity index (χ0v) is 19.1. The van der Waals surface area contributed by atoms with Gasteiger partial charge < -0.3 is 10.6 Å². The molecule has 2 aromatic carbocycles. The van der Waals surface area contributed by atoms with Crippen LogP contribution in [0.4, 0.5) is 23.0 Å². The summed E-state index contributed by atoms with van der Waals surface area (Å²) in [7, 11) is 0. The normalized spacial score (nSPS) is 12.5. The van der Waals surface area contributed by atoms with Crippen molar-refractivity contribution in [3.05, 3.63) is 81.2 Å². The number of rotatable bonds is 8. The van der Waals surface area contributed by atoms with Crippen LogP contribution in [0.2, 0.25) is 0 Å². The molecule has 35 heavy (non-hydrogen) atoms. The number of aromatic nitrogens is 2. The van der Waals surface area contributed by atoms with E-state index in [1.54, 1.807) is 24.3 Å². The molecule has 3 amide bonds. The second kappa shape index (κ2) is 9.67. The maximum atomic E-state index is 12.6. The zero-order valence-electron chi connectivity index (χ0n) is 19.1. The Hall–Kier alpha value is -4.67. The summed E-state index contributed by atoms with van der Waals surface area (Å²) in [6.07, 6.45) is 0.278. The fourth-order valence-electron chi connectivity index (χ4n) is 3.84. The van der Waals surface area contributed by atoms with Crippen molar-refractivity contribution < 1.29 is 19.3 Å². The third kappa shape index (κ3) is 5.13. The van der Waals surface area contributed by atoms with Crippen LogP contribution in [0, 0.1) is 24.0 Å². The Morgan fingerprint density at radius 1 is 1.00 bits per heavy atom. The molecule has 0 saturated carbocycles. The minimum absolute atomic E-state index is 0.00794. The molecule has 4 rings (SSSR count). The molecule has 11 heteroatoms. The van der Waals surface area contributed by atoms with Gasteiger partial charge in [-0.3, -0.25) is 29.4 Å². The molecule has 11 nitrogen and oxygen atoms in total. The number of nitro groups is 1. The lowest BCUT2D eigenvalue weighted by molar-refractivity contribution is -0.385. The Morgan fingerprint density at radius 3 is 2.31 bits per heavy atom. The van der Waals surface area contributed by atoms with Crippen molar-refractivity contribution in [2.24, 2.45) is 0 Å². The number of nitrogens with one attached hydrogen (secondary N) is 2. The van der Waals surface area contributed by atoms with E-state index in [1.807, 2.05) is 19.9 Å². The fraction of sp³-hybridized carbons (Fsp3) is 0.208. The van der Waals surface area contributed by atoms with Gasteiger partial charge in [0.05, 0.1) is 10.5 Å². The first-order valence-electron chi connectivity index (χ1n) is 10.9. The van der Waals surface area contributed by atoms with Crippen LogP contribution in [0.25, 0.3) is 0 Å². The lowest BCUT2D eigenvalue weighted by Crippen LogP contribution is -2.31. The van der Waals surface area contributed by atoms with E-state index in [9.17, 15) is 24.5 Å². The SMILES string of the molecule is Cc1cc(C)nc(Nc2ccc(NC(=O)CCCN3C(=O)c4cccc([N+](=O)[O-])c4C3=O)cc2)n1. The van der Waals surface area contributed by atoms with Crippen molar-refractivity contribution in [1.82, 2.24) is 14.9 Å². The molecule has 0 saturated heterocycles. The Balaban J connectivity index is 1.30. The highest BCUT2D eigenvalue weighted by molar-refractivity contribution is 6.23. The Labute approximate surface area is 200 Å². The van der Waals surface area contributed by atoms with Crippen LogP contribution in [0.3, 0.4) is 0 Å². The number of fused-ring (bicyclic) bond motifs is 1. The first-order valence-corrected chi connectivity index (χ1v) is 10.9. The largest absolute Gasteiger partial charge is 0.326 e. The van der Waals surface area contributed by atoms with E-state index >= 15 is 0 Å². The summed E-state index contributed by atoms with van der Waals surface area (Å²) in [5, 5.41) is 17.1. The van der Waals surface area contributed by atoms with Crippen molar-refractivity contribution in [2.45, 2.75) is 26.7 Å². The molecule has 0 unspecified atom stereocenters. The van der Waals surface area contributed by atoms with Gasteiger partial charge in [-0.2, -0.15) is 0 Å². The summed E-state index contributed by atoms with van der Waals surface area (Å²) in [5.74, 6) is -1.11. The van der Waals surface area contributed by atoms with Crippen molar-refractivity contribution in [1.29, 1.82) is 0 Å². The molecule has 178 valence electrons. The highest BCUT2D eigenvalue weighted by Gasteiger charge is 2.40. The number of nitro benzene ring substituents is 1. The van der Waals surface area contributed by atoms with E-state index in [1.165, 1.54) is 18.2 Å². The lowest BCUT2D eigenvalue weighted by Gasteiger charge is -2.13. The molecule has 0 radical (unpaired) electrons. The van der Waals surface area contributed by atoms with Crippen LogP contribution in [0.15, 0.2) is 48.5 Å². The maximum absolute atomic E-state index is 12.6. The molecule has 0 aliphatic carbocycles. The van der Waals surface area contributed by atoms with E-state index in [0.29, 0.717) is 11.6 Å². The van der Waals surface area contributed by atoms with Gasteiger partial charge in [0.25, 0.3) is 17.5 Å². The summed E-state index contributed by atoms with van der Waals surface area (Å²) >= 11 is 0. The van der Waals surface area contributed by atoms with Crippen LogP contribution < -0.4 is 10.6 Å². The molecule has 1 aliphatic heterocycles. The van der Waals surface area contributed by atoms with E-state index < -0.39 is 22.4 Å². The van der Waals surface area contributed by atoms with Crippen LogP contribution in [0.1, 0.15) is 44.9 Å². The monoisotopic (exact) mass is 474 g/mol. The molecule has 1 aromatic heterocycles. The molecule has 2 N–H and O–H groups in total. The predicted molar refractivity (Wildman–Crippen MR) is 128 cm³/mol. The first-order chi connectivity index (χ1) is 16.7. The number of nitrogens with zero attached hydrogens (tertiary/aromatic N) is 4. The number of amides is 3. The van der Waals surface area contributed by atoms with Gasteiger partial charge in [0.2, 0.25) is 11.9 Å². The van der Waals surface area contributed by atoms with Crippen LogP contribution in [-0.4, -0.2) is 44.1 Å². The van der Waals surface area contributed by atoms with E-state index in [-0.39, 0.29) is 36.4 Å².